The van der Waals surface area contributed by atoms with E-state index in [9.17, 15) is 10.1 Å². The minimum Gasteiger partial charge on any atom is -0.414 e. The molecule has 4 fully saturated rings. The maximum Gasteiger partial charge on any atom is 0.320 e. The molecule has 3 heterocycles. The van der Waals surface area contributed by atoms with E-state index in [4.69, 9.17) is 4.42 Å². The number of aryl methyl sites for hydroxylation is 2. The first kappa shape index (κ1) is 17.8. The lowest BCUT2D eigenvalue weighted by Gasteiger charge is -2.56. The van der Waals surface area contributed by atoms with Gasteiger partial charge in [-0.1, -0.05) is 0 Å². The van der Waals surface area contributed by atoms with Crippen molar-refractivity contribution in [2.24, 2.45) is 24.8 Å². The van der Waals surface area contributed by atoms with Gasteiger partial charge >= 0.3 is 5.69 Å². The fourth-order valence-corrected chi connectivity index (χ4v) is 6.48. The van der Waals surface area contributed by atoms with Crippen molar-refractivity contribution in [3.05, 3.63) is 28.2 Å². The topological polar surface area (TPSA) is 118 Å². The molecule has 4 aliphatic rings. The lowest BCUT2D eigenvalue weighted by Crippen LogP contribution is -2.52. The van der Waals surface area contributed by atoms with E-state index < -0.39 is 4.92 Å². The lowest BCUT2D eigenvalue weighted by molar-refractivity contribution is -0.384. The van der Waals surface area contributed by atoms with E-state index in [-0.39, 0.29) is 28.7 Å². The molecule has 0 saturated heterocycles. The van der Waals surface area contributed by atoms with Crippen molar-refractivity contribution in [3.8, 4) is 23.0 Å². The van der Waals surface area contributed by atoms with Crippen molar-refractivity contribution in [3.63, 3.8) is 0 Å². The molecule has 3 aromatic heterocycles. The molecule has 30 heavy (non-hydrogen) atoms. The van der Waals surface area contributed by atoms with E-state index in [0.717, 1.165) is 25.0 Å². The molecule has 0 amide bonds. The molecular formula is C20H23N7O3. The maximum atomic E-state index is 11.8. The van der Waals surface area contributed by atoms with Gasteiger partial charge in [-0.15, -0.1) is 10.2 Å². The van der Waals surface area contributed by atoms with Gasteiger partial charge in [0.1, 0.15) is 6.20 Å². The predicted octanol–water partition coefficient (Wildman–Crippen LogP) is 3.48. The van der Waals surface area contributed by atoms with Crippen LogP contribution in [0.1, 0.15) is 44.2 Å². The Morgan fingerprint density at radius 1 is 1.07 bits per heavy atom. The summed E-state index contributed by atoms with van der Waals surface area (Å²) in [5, 5.41) is 29.0. The first-order valence-electron chi connectivity index (χ1n) is 10.5. The van der Waals surface area contributed by atoms with E-state index in [0.29, 0.717) is 23.3 Å². The molecule has 0 radical (unpaired) electrons. The Balaban J connectivity index is 1.41. The van der Waals surface area contributed by atoms with Crippen LogP contribution in [0.4, 0.5) is 5.69 Å². The van der Waals surface area contributed by atoms with Crippen LogP contribution in [0.25, 0.3) is 23.0 Å². The Morgan fingerprint density at radius 3 is 2.27 bits per heavy atom. The number of rotatable bonds is 4. The summed E-state index contributed by atoms with van der Waals surface area (Å²) in [4.78, 5) is 11.4. The van der Waals surface area contributed by atoms with Gasteiger partial charge in [0.15, 0.2) is 0 Å². The second-order valence-electron chi connectivity index (χ2n) is 9.42. The number of hydrogen-bond donors (Lipinski definition) is 0. The Bertz CT molecular complexity index is 1120. The van der Waals surface area contributed by atoms with Crippen molar-refractivity contribution in [2.75, 3.05) is 0 Å². The molecule has 0 aliphatic heterocycles. The van der Waals surface area contributed by atoms with E-state index in [1.165, 1.54) is 19.3 Å². The molecule has 156 valence electrons. The Kier molecular flexibility index (Phi) is 3.55. The van der Waals surface area contributed by atoms with Crippen LogP contribution in [0.3, 0.4) is 0 Å². The minimum absolute atomic E-state index is 0.0726. The van der Waals surface area contributed by atoms with Crippen LogP contribution in [-0.2, 0) is 12.6 Å². The minimum atomic E-state index is -0.404. The third-order valence-corrected chi connectivity index (χ3v) is 7.25. The standard InChI is InChI=1S/C20H23N7O3/c1-11-15(9-25(2)23-11)18-21-22-19(30-18)17-16(27(28)29)10-26(24-17)20-6-12-3-13(7-20)5-14(4-12)8-20/h9-10,12-14H,3-8H2,1-2H3. The summed E-state index contributed by atoms with van der Waals surface area (Å²) in [5.41, 5.74) is 1.42. The van der Waals surface area contributed by atoms with Crippen LogP contribution >= 0.6 is 0 Å². The molecule has 4 aliphatic carbocycles. The average molecular weight is 409 g/mol. The predicted molar refractivity (Wildman–Crippen MR) is 105 cm³/mol. The molecule has 0 aromatic carbocycles. The van der Waals surface area contributed by atoms with Gasteiger partial charge in [-0.25, -0.2) is 0 Å². The van der Waals surface area contributed by atoms with Gasteiger partial charge in [0.05, 0.1) is 21.7 Å². The summed E-state index contributed by atoms with van der Waals surface area (Å²) in [6, 6.07) is 0. The van der Waals surface area contributed by atoms with E-state index in [1.807, 2.05) is 18.7 Å². The number of aromatic nitrogens is 6. The summed E-state index contributed by atoms with van der Waals surface area (Å²) in [7, 11) is 1.81. The highest BCUT2D eigenvalue weighted by Gasteiger charge is 2.53. The zero-order valence-corrected chi connectivity index (χ0v) is 17.0. The smallest absolute Gasteiger partial charge is 0.320 e. The summed E-state index contributed by atoms with van der Waals surface area (Å²) >= 11 is 0. The molecular weight excluding hydrogens is 386 g/mol. The molecule has 0 N–H and O–H groups in total. The quantitative estimate of drug-likeness (QED) is 0.478. The van der Waals surface area contributed by atoms with Crippen LogP contribution in [0.2, 0.25) is 0 Å². The summed E-state index contributed by atoms with van der Waals surface area (Å²) < 4.78 is 9.35. The van der Waals surface area contributed by atoms with Gasteiger partial charge in [0.2, 0.25) is 5.69 Å². The monoisotopic (exact) mass is 409 g/mol. The van der Waals surface area contributed by atoms with E-state index >= 15 is 0 Å². The van der Waals surface area contributed by atoms with Crippen LogP contribution in [0.5, 0.6) is 0 Å². The van der Waals surface area contributed by atoms with Crippen molar-refractivity contribution < 1.29 is 9.34 Å². The van der Waals surface area contributed by atoms with Crippen molar-refractivity contribution in [1.29, 1.82) is 0 Å². The van der Waals surface area contributed by atoms with Gasteiger partial charge in [-0.3, -0.25) is 19.5 Å². The van der Waals surface area contributed by atoms with Crippen LogP contribution < -0.4 is 0 Å². The third kappa shape index (κ3) is 2.55. The van der Waals surface area contributed by atoms with Gasteiger partial charge in [0.25, 0.3) is 11.8 Å². The summed E-state index contributed by atoms with van der Waals surface area (Å²) in [5.74, 6) is 2.50. The molecule has 4 saturated carbocycles. The maximum absolute atomic E-state index is 11.8. The van der Waals surface area contributed by atoms with Gasteiger partial charge < -0.3 is 4.42 Å². The highest BCUT2D eigenvalue weighted by molar-refractivity contribution is 5.63. The fourth-order valence-electron chi connectivity index (χ4n) is 6.48. The lowest BCUT2D eigenvalue weighted by atomic mass is 9.53. The van der Waals surface area contributed by atoms with Crippen LogP contribution in [0, 0.1) is 34.8 Å². The highest BCUT2D eigenvalue weighted by Crippen LogP contribution is 2.59. The van der Waals surface area contributed by atoms with Gasteiger partial charge in [-0.05, 0) is 63.2 Å². The summed E-state index contributed by atoms with van der Waals surface area (Å²) in [6.07, 6.45) is 10.4. The molecule has 10 nitrogen and oxygen atoms in total. The zero-order valence-electron chi connectivity index (χ0n) is 17.0. The second-order valence-corrected chi connectivity index (χ2v) is 9.42. The Labute approximate surface area is 172 Å². The van der Waals surface area contributed by atoms with E-state index in [1.54, 1.807) is 17.1 Å². The molecule has 7 rings (SSSR count). The average Bonchev–Trinajstić information content (AvgIpc) is 3.38. The summed E-state index contributed by atoms with van der Waals surface area (Å²) in [6.45, 7) is 1.85. The first-order valence-corrected chi connectivity index (χ1v) is 10.5. The van der Waals surface area contributed by atoms with Gasteiger partial charge in [0, 0.05) is 13.2 Å². The molecule has 0 atom stereocenters. The SMILES string of the molecule is Cc1nn(C)cc1-c1nnc(-c2nn(C34CC5CC(CC(C5)C3)C4)cc2[N+](=O)[O-])o1. The Morgan fingerprint density at radius 2 is 1.70 bits per heavy atom. The largest absolute Gasteiger partial charge is 0.414 e. The zero-order chi connectivity index (χ0) is 20.6. The molecule has 0 spiro atoms. The normalized spacial score (nSPS) is 29.6. The molecule has 3 aromatic rings. The second kappa shape index (κ2) is 5.99. The number of nitrogens with zero attached hydrogens (tertiary/aromatic N) is 7. The highest BCUT2D eigenvalue weighted by atomic mass is 16.6. The van der Waals surface area contributed by atoms with Gasteiger partial charge in [-0.2, -0.15) is 10.2 Å². The van der Waals surface area contributed by atoms with Crippen molar-refractivity contribution >= 4 is 5.69 Å². The number of hydrogen-bond acceptors (Lipinski definition) is 7. The molecule has 10 heteroatoms. The van der Waals surface area contributed by atoms with Crippen molar-refractivity contribution in [2.45, 2.75) is 51.0 Å². The van der Waals surface area contributed by atoms with Crippen molar-refractivity contribution in [1.82, 2.24) is 29.8 Å². The Hall–Kier alpha value is -3.04. The van der Waals surface area contributed by atoms with Crippen LogP contribution in [0.15, 0.2) is 16.8 Å². The third-order valence-electron chi connectivity index (χ3n) is 7.25. The first-order chi connectivity index (χ1) is 14.4. The molecule has 4 bridgehead atoms. The van der Waals surface area contributed by atoms with Crippen LogP contribution in [-0.4, -0.2) is 34.7 Å². The molecule has 0 unspecified atom stereocenters. The number of nitro groups is 1. The fraction of sp³-hybridized carbons (Fsp3) is 0.600. The van der Waals surface area contributed by atoms with E-state index in [2.05, 4.69) is 20.4 Å².